The van der Waals surface area contributed by atoms with Gasteiger partial charge < -0.3 is 4.74 Å². The van der Waals surface area contributed by atoms with Crippen molar-refractivity contribution in [2.24, 2.45) is 5.41 Å². The monoisotopic (exact) mass is 84.1 g/mol. The molecule has 1 nitrogen and oxygen atoms in total. The van der Waals surface area contributed by atoms with Gasteiger partial charge in [-0.15, -0.1) is 0 Å². The Morgan fingerprint density at radius 1 is 1.33 bits per heavy atom. The number of rotatable bonds is 0. The van der Waals surface area contributed by atoms with Gasteiger partial charge in [-0.05, 0) is 13.8 Å². The fraction of sp³-hybridized carbons (Fsp3) is 0.600. The molecular weight excluding hydrogens is 76.1 g/mol. The van der Waals surface area contributed by atoms with E-state index in [0.717, 1.165) is 13.2 Å². The maximum atomic E-state index is 4.81. The number of hydrogen-bond donors (Lipinski definition) is 0. The van der Waals surface area contributed by atoms with Crippen molar-refractivity contribution in [3.05, 3.63) is 13.8 Å². The molecule has 1 rings (SSSR count). The predicted molar refractivity (Wildman–Crippen MR) is 24.0 cm³/mol. The molecule has 1 saturated heterocycles. The third-order valence-corrected chi connectivity index (χ3v) is 0.816. The summed E-state index contributed by atoms with van der Waals surface area (Å²) in [6.45, 7) is 8.94. The SMILES string of the molecule is [CH2]C1([CH2])COC1. The summed E-state index contributed by atoms with van der Waals surface area (Å²) in [4.78, 5) is 0. The third-order valence-electron chi connectivity index (χ3n) is 0.816. The molecule has 1 fully saturated rings. The highest BCUT2D eigenvalue weighted by Crippen LogP contribution is 2.22. The molecule has 1 aliphatic heterocycles. The molecule has 34 valence electrons. The molecule has 1 heteroatoms. The zero-order valence-electron chi connectivity index (χ0n) is 3.74. The van der Waals surface area contributed by atoms with Gasteiger partial charge in [0.25, 0.3) is 0 Å². The lowest BCUT2D eigenvalue weighted by molar-refractivity contribution is -0.0569. The topological polar surface area (TPSA) is 9.23 Å². The molecule has 6 heavy (non-hydrogen) atoms. The Kier molecular flexibility index (Phi) is 0.667. The van der Waals surface area contributed by atoms with Crippen LogP contribution in [0.3, 0.4) is 0 Å². The smallest absolute Gasteiger partial charge is 0.0544 e. The van der Waals surface area contributed by atoms with Crippen LogP contribution in [0, 0.1) is 19.3 Å². The molecule has 0 aromatic carbocycles. The number of ether oxygens (including phenoxy) is 1. The Hall–Kier alpha value is -0.0400. The highest BCUT2D eigenvalue weighted by atomic mass is 16.5. The minimum atomic E-state index is 0. The Labute approximate surface area is 38.3 Å². The Balaban J connectivity index is 2.31. The van der Waals surface area contributed by atoms with Crippen LogP contribution in [0.5, 0.6) is 0 Å². The molecule has 0 amide bonds. The average molecular weight is 84.1 g/mol. The van der Waals surface area contributed by atoms with Gasteiger partial charge in [0.2, 0.25) is 0 Å². The van der Waals surface area contributed by atoms with Gasteiger partial charge in [-0.25, -0.2) is 0 Å². The van der Waals surface area contributed by atoms with E-state index < -0.39 is 0 Å². The fourth-order valence-corrected chi connectivity index (χ4v) is 0.391. The van der Waals surface area contributed by atoms with E-state index in [1.165, 1.54) is 0 Å². The molecule has 0 unspecified atom stereocenters. The molecule has 1 heterocycles. The van der Waals surface area contributed by atoms with E-state index in [1.54, 1.807) is 0 Å². The second-order valence-electron chi connectivity index (χ2n) is 1.99. The van der Waals surface area contributed by atoms with Crippen LogP contribution in [0.25, 0.3) is 0 Å². The number of hydrogen-bond acceptors (Lipinski definition) is 1. The Bertz CT molecular complexity index is 51.0. The van der Waals surface area contributed by atoms with Gasteiger partial charge >= 0.3 is 0 Å². The first-order valence-electron chi connectivity index (χ1n) is 1.99. The van der Waals surface area contributed by atoms with Gasteiger partial charge in [-0.3, -0.25) is 0 Å². The minimum absolute atomic E-state index is 0. The van der Waals surface area contributed by atoms with Gasteiger partial charge in [0.15, 0.2) is 0 Å². The van der Waals surface area contributed by atoms with Crippen LogP contribution in [-0.2, 0) is 4.74 Å². The highest BCUT2D eigenvalue weighted by Gasteiger charge is 2.26. The third kappa shape index (κ3) is 0.548. The van der Waals surface area contributed by atoms with Gasteiger partial charge in [0.1, 0.15) is 0 Å². The van der Waals surface area contributed by atoms with Crippen molar-refractivity contribution in [3.8, 4) is 0 Å². The molecule has 0 aliphatic carbocycles. The van der Waals surface area contributed by atoms with E-state index >= 15 is 0 Å². The molecule has 2 radical (unpaired) electrons. The zero-order chi connectivity index (χ0) is 4.62. The van der Waals surface area contributed by atoms with Gasteiger partial charge in [0, 0.05) is 5.41 Å². The van der Waals surface area contributed by atoms with Crippen molar-refractivity contribution in [2.45, 2.75) is 0 Å². The molecule has 0 bridgehead atoms. The summed E-state index contributed by atoms with van der Waals surface area (Å²) in [6, 6.07) is 0. The van der Waals surface area contributed by atoms with E-state index in [9.17, 15) is 0 Å². The summed E-state index contributed by atoms with van der Waals surface area (Å²) in [7, 11) is 0. The summed E-state index contributed by atoms with van der Waals surface area (Å²) in [6.07, 6.45) is 0. The first kappa shape index (κ1) is 4.13. The summed E-state index contributed by atoms with van der Waals surface area (Å²) in [5, 5.41) is 0. The van der Waals surface area contributed by atoms with Gasteiger partial charge in [-0.2, -0.15) is 0 Å². The standard InChI is InChI=1S/C5H8O/c1-5(2)3-6-4-5/h1-4H2. The van der Waals surface area contributed by atoms with E-state index in [2.05, 4.69) is 13.8 Å². The zero-order valence-corrected chi connectivity index (χ0v) is 3.74. The average Bonchev–Trinajstić information content (AvgIpc) is 1.32. The first-order valence-corrected chi connectivity index (χ1v) is 1.99. The second-order valence-corrected chi connectivity index (χ2v) is 1.99. The lowest BCUT2D eigenvalue weighted by Crippen LogP contribution is -2.36. The van der Waals surface area contributed by atoms with Crippen LogP contribution in [0.2, 0.25) is 0 Å². The largest absolute Gasteiger partial charge is 0.380 e. The molecule has 0 aromatic rings. The van der Waals surface area contributed by atoms with Gasteiger partial charge in [0.05, 0.1) is 13.2 Å². The van der Waals surface area contributed by atoms with Crippen LogP contribution in [0.4, 0.5) is 0 Å². The van der Waals surface area contributed by atoms with E-state index in [4.69, 9.17) is 4.74 Å². The van der Waals surface area contributed by atoms with E-state index in [1.807, 2.05) is 0 Å². The van der Waals surface area contributed by atoms with Crippen molar-refractivity contribution < 1.29 is 4.74 Å². The summed E-state index contributed by atoms with van der Waals surface area (Å²) < 4.78 is 4.81. The van der Waals surface area contributed by atoms with E-state index in [0.29, 0.717) is 0 Å². The highest BCUT2D eigenvalue weighted by molar-refractivity contribution is 4.89. The summed E-state index contributed by atoms with van der Waals surface area (Å²) >= 11 is 0. The second kappa shape index (κ2) is 0.969. The van der Waals surface area contributed by atoms with Crippen molar-refractivity contribution in [3.63, 3.8) is 0 Å². The quantitative estimate of drug-likeness (QED) is 0.419. The molecule has 0 atom stereocenters. The fourth-order valence-electron chi connectivity index (χ4n) is 0.391. The van der Waals surface area contributed by atoms with Gasteiger partial charge in [-0.1, -0.05) is 0 Å². The normalized spacial score (nSPS) is 29.0. The molecule has 0 N–H and O–H groups in total. The summed E-state index contributed by atoms with van der Waals surface area (Å²) in [5.41, 5.74) is 0. The molecular formula is C5H8O. The lowest BCUT2D eigenvalue weighted by Gasteiger charge is -2.33. The van der Waals surface area contributed by atoms with Crippen LogP contribution >= 0.6 is 0 Å². The molecule has 1 aliphatic rings. The van der Waals surface area contributed by atoms with Crippen LogP contribution in [-0.4, -0.2) is 13.2 Å². The predicted octanol–water partition coefficient (Wildman–Crippen LogP) is 0.671. The van der Waals surface area contributed by atoms with Crippen molar-refractivity contribution in [1.29, 1.82) is 0 Å². The Morgan fingerprint density at radius 3 is 1.67 bits per heavy atom. The minimum Gasteiger partial charge on any atom is -0.380 e. The molecule has 0 spiro atoms. The van der Waals surface area contributed by atoms with Crippen LogP contribution in [0.15, 0.2) is 0 Å². The first-order chi connectivity index (χ1) is 2.71. The lowest BCUT2D eigenvalue weighted by atomic mass is 9.92. The molecule has 0 saturated carbocycles. The van der Waals surface area contributed by atoms with Crippen molar-refractivity contribution in [1.82, 2.24) is 0 Å². The maximum absolute atomic E-state index is 4.81. The maximum Gasteiger partial charge on any atom is 0.0544 e. The van der Waals surface area contributed by atoms with Crippen molar-refractivity contribution in [2.75, 3.05) is 13.2 Å². The van der Waals surface area contributed by atoms with E-state index in [-0.39, 0.29) is 5.41 Å². The summed E-state index contributed by atoms with van der Waals surface area (Å²) in [5.74, 6) is 0. The molecule has 0 aromatic heterocycles. The Morgan fingerprint density at radius 2 is 1.67 bits per heavy atom. The van der Waals surface area contributed by atoms with Crippen LogP contribution in [0.1, 0.15) is 0 Å². The van der Waals surface area contributed by atoms with Crippen molar-refractivity contribution >= 4 is 0 Å². The van der Waals surface area contributed by atoms with Crippen LogP contribution < -0.4 is 0 Å².